The minimum Gasteiger partial charge on any atom is -0.307 e. The summed E-state index contributed by atoms with van der Waals surface area (Å²) in [7, 11) is 0. The summed E-state index contributed by atoms with van der Waals surface area (Å²) < 4.78 is 0. The highest BCUT2D eigenvalue weighted by Crippen LogP contribution is 2.26. The van der Waals surface area contributed by atoms with Crippen molar-refractivity contribution in [1.82, 2.24) is 10.2 Å². The number of likely N-dealkylation sites (tertiary alicyclic amines) is 1. The van der Waals surface area contributed by atoms with Crippen molar-refractivity contribution >= 4 is 11.6 Å². The van der Waals surface area contributed by atoms with Crippen LogP contribution in [0.1, 0.15) is 51.6 Å². The van der Waals surface area contributed by atoms with Crippen LogP contribution in [-0.4, -0.2) is 30.6 Å². The normalized spacial score (nSPS) is 20.4. The predicted molar refractivity (Wildman–Crippen MR) is 91.9 cm³/mol. The lowest BCUT2D eigenvalue weighted by molar-refractivity contribution is 0.159. The molecular weight excluding hydrogens is 280 g/mol. The summed E-state index contributed by atoms with van der Waals surface area (Å²) in [5, 5.41) is 4.61. The third kappa shape index (κ3) is 4.70. The van der Waals surface area contributed by atoms with Crippen LogP contribution in [0, 0.1) is 5.92 Å². The minimum atomic E-state index is 0.308. The third-order valence-corrected chi connectivity index (χ3v) is 5.11. The maximum atomic E-state index is 6.30. The maximum Gasteiger partial charge on any atom is 0.0453 e. The van der Waals surface area contributed by atoms with Crippen LogP contribution < -0.4 is 5.32 Å². The number of halogens is 1. The Hall–Kier alpha value is -0.570. The van der Waals surface area contributed by atoms with Crippen molar-refractivity contribution in [2.75, 3.05) is 19.6 Å². The monoisotopic (exact) mass is 308 g/mol. The lowest BCUT2D eigenvalue weighted by Crippen LogP contribution is -2.42. The highest BCUT2D eigenvalue weighted by atomic mass is 35.5. The zero-order valence-corrected chi connectivity index (χ0v) is 14.4. The number of piperidine rings is 1. The van der Waals surface area contributed by atoms with Gasteiger partial charge in [0.25, 0.3) is 0 Å². The van der Waals surface area contributed by atoms with E-state index in [0.29, 0.717) is 12.1 Å². The van der Waals surface area contributed by atoms with Crippen LogP contribution >= 0.6 is 11.6 Å². The van der Waals surface area contributed by atoms with Gasteiger partial charge in [-0.25, -0.2) is 0 Å². The Balaban J connectivity index is 1.84. The highest BCUT2D eigenvalue weighted by Gasteiger charge is 2.24. The molecule has 21 heavy (non-hydrogen) atoms. The lowest BCUT2D eigenvalue weighted by atomic mass is 9.89. The van der Waals surface area contributed by atoms with Gasteiger partial charge >= 0.3 is 0 Å². The topological polar surface area (TPSA) is 15.3 Å². The molecule has 0 amide bonds. The molecule has 0 aliphatic carbocycles. The quantitative estimate of drug-likeness (QED) is 0.832. The number of rotatable bonds is 6. The number of hydrogen-bond acceptors (Lipinski definition) is 2. The molecule has 1 N–H and O–H groups in total. The largest absolute Gasteiger partial charge is 0.307 e. The van der Waals surface area contributed by atoms with Crippen LogP contribution in [0.15, 0.2) is 24.3 Å². The second kappa shape index (κ2) is 8.17. The summed E-state index contributed by atoms with van der Waals surface area (Å²) in [6.07, 6.45) is 3.88. The molecule has 1 aromatic rings. The molecule has 0 spiro atoms. The number of nitrogens with zero attached hydrogens (tertiary/aromatic N) is 1. The molecule has 1 saturated heterocycles. The van der Waals surface area contributed by atoms with Crippen LogP contribution in [0.2, 0.25) is 5.02 Å². The first-order chi connectivity index (χ1) is 10.1. The van der Waals surface area contributed by atoms with Crippen molar-refractivity contribution in [3.05, 3.63) is 34.9 Å². The van der Waals surface area contributed by atoms with E-state index in [1.54, 1.807) is 0 Å². The van der Waals surface area contributed by atoms with Gasteiger partial charge in [0.2, 0.25) is 0 Å². The number of nitrogens with one attached hydrogen (secondary N) is 1. The summed E-state index contributed by atoms with van der Waals surface area (Å²) in [6, 6.07) is 9.00. The van der Waals surface area contributed by atoms with Crippen LogP contribution in [0.5, 0.6) is 0 Å². The average molecular weight is 309 g/mol. The van der Waals surface area contributed by atoms with E-state index in [0.717, 1.165) is 10.9 Å². The molecular formula is C18H29ClN2. The van der Waals surface area contributed by atoms with E-state index in [1.165, 1.54) is 44.5 Å². The Labute approximate surface area is 134 Å². The van der Waals surface area contributed by atoms with Gasteiger partial charge in [-0.15, -0.1) is 0 Å². The fourth-order valence-electron chi connectivity index (χ4n) is 3.44. The highest BCUT2D eigenvalue weighted by molar-refractivity contribution is 6.31. The smallest absolute Gasteiger partial charge is 0.0453 e. The van der Waals surface area contributed by atoms with E-state index in [9.17, 15) is 0 Å². The summed E-state index contributed by atoms with van der Waals surface area (Å²) in [5.74, 6) is 0.781. The van der Waals surface area contributed by atoms with E-state index in [1.807, 2.05) is 12.1 Å². The SMILES string of the molecule is CCCN1CCC(C(C)N[C@@H](C)c2ccccc2Cl)CC1. The van der Waals surface area contributed by atoms with Gasteiger partial charge in [-0.2, -0.15) is 0 Å². The molecule has 1 fully saturated rings. The van der Waals surface area contributed by atoms with Crippen molar-refractivity contribution in [2.45, 2.75) is 52.1 Å². The molecule has 0 bridgehead atoms. The summed E-state index contributed by atoms with van der Waals surface area (Å²) in [4.78, 5) is 2.60. The van der Waals surface area contributed by atoms with Gasteiger partial charge in [-0.3, -0.25) is 0 Å². The fourth-order valence-corrected chi connectivity index (χ4v) is 3.74. The van der Waals surface area contributed by atoms with E-state index >= 15 is 0 Å². The molecule has 0 saturated carbocycles. The molecule has 2 rings (SSSR count). The second-order valence-electron chi connectivity index (χ2n) is 6.38. The van der Waals surface area contributed by atoms with Gasteiger partial charge < -0.3 is 10.2 Å². The summed E-state index contributed by atoms with van der Waals surface area (Å²) in [5.41, 5.74) is 1.20. The Morgan fingerprint density at radius 2 is 1.90 bits per heavy atom. The molecule has 1 heterocycles. The van der Waals surface area contributed by atoms with Crippen molar-refractivity contribution in [3.8, 4) is 0 Å². The Bertz CT molecular complexity index is 427. The van der Waals surface area contributed by atoms with Crippen molar-refractivity contribution in [2.24, 2.45) is 5.92 Å². The van der Waals surface area contributed by atoms with Crippen molar-refractivity contribution < 1.29 is 0 Å². The molecule has 1 aliphatic heterocycles. The summed E-state index contributed by atoms with van der Waals surface area (Å²) in [6.45, 7) is 10.6. The number of benzene rings is 1. The molecule has 2 nitrogen and oxygen atoms in total. The van der Waals surface area contributed by atoms with E-state index < -0.39 is 0 Å². The Morgan fingerprint density at radius 3 is 2.52 bits per heavy atom. The van der Waals surface area contributed by atoms with Gasteiger partial charge in [0.05, 0.1) is 0 Å². The molecule has 0 aromatic heterocycles. The Kier molecular flexibility index (Phi) is 6.53. The van der Waals surface area contributed by atoms with Gasteiger partial charge in [-0.1, -0.05) is 36.7 Å². The van der Waals surface area contributed by atoms with Crippen LogP contribution in [0.4, 0.5) is 0 Å². The lowest BCUT2D eigenvalue weighted by Gasteiger charge is -2.36. The zero-order valence-electron chi connectivity index (χ0n) is 13.6. The van der Waals surface area contributed by atoms with Gasteiger partial charge in [0.15, 0.2) is 0 Å². The van der Waals surface area contributed by atoms with Gasteiger partial charge in [0, 0.05) is 17.1 Å². The van der Waals surface area contributed by atoms with Gasteiger partial charge in [-0.05, 0) is 70.3 Å². The first-order valence-corrected chi connectivity index (χ1v) is 8.72. The van der Waals surface area contributed by atoms with Gasteiger partial charge in [0.1, 0.15) is 0 Å². The number of hydrogen-bond donors (Lipinski definition) is 1. The van der Waals surface area contributed by atoms with Crippen LogP contribution in [-0.2, 0) is 0 Å². The average Bonchev–Trinajstić information content (AvgIpc) is 2.48. The van der Waals surface area contributed by atoms with Crippen molar-refractivity contribution in [3.63, 3.8) is 0 Å². The fraction of sp³-hybridized carbons (Fsp3) is 0.667. The molecule has 1 aliphatic rings. The zero-order chi connectivity index (χ0) is 15.2. The molecule has 3 heteroatoms. The molecule has 118 valence electrons. The second-order valence-corrected chi connectivity index (χ2v) is 6.78. The van der Waals surface area contributed by atoms with E-state index in [2.05, 4.69) is 43.1 Å². The Morgan fingerprint density at radius 1 is 1.24 bits per heavy atom. The maximum absolute atomic E-state index is 6.30. The molecule has 2 atom stereocenters. The first-order valence-electron chi connectivity index (χ1n) is 8.34. The molecule has 1 unspecified atom stereocenters. The van der Waals surface area contributed by atoms with Crippen LogP contribution in [0.3, 0.4) is 0 Å². The van der Waals surface area contributed by atoms with E-state index in [4.69, 9.17) is 11.6 Å². The third-order valence-electron chi connectivity index (χ3n) is 4.76. The van der Waals surface area contributed by atoms with E-state index in [-0.39, 0.29) is 0 Å². The standard InChI is InChI=1S/C18H29ClN2/c1-4-11-21-12-9-16(10-13-21)14(2)20-15(3)17-7-5-6-8-18(17)19/h5-8,14-16,20H,4,9-13H2,1-3H3/t14?,15-/m0/s1. The van der Waals surface area contributed by atoms with Crippen molar-refractivity contribution in [1.29, 1.82) is 0 Å². The minimum absolute atomic E-state index is 0.308. The predicted octanol–water partition coefficient (Wildman–Crippen LogP) is 4.50. The summed E-state index contributed by atoms with van der Waals surface area (Å²) >= 11 is 6.30. The molecule has 1 aromatic carbocycles. The first kappa shape index (κ1) is 16.8. The van der Waals surface area contributed by atoms with Crippen LogP contribution in [0.25, 0.3) is 0 Å². The molecule has 0 radical (unpaired) electrons.